The highest BCUT2D eigenvalue weighted by Gasteiger charge is 2.14. The minimum atomic E-state index is -0.186. The van der Waals surface area contributed by atoms with Crippen LogP contribution in [0.15, 0.2) is 18.2 Å². The summed E-state index contributed by atoms with van der Waals surface area (Å²) in [6.45, 7) is 6.57. The Morgan fingerprint density at radius 3 is 2.41 bits per heavy atom. The fourth-order valence-electron chi connectivity index (χ4n) is 2.08. The van der Waals surface area contributed by atoms with Gasteiger partial charge in [-0.15, -0.1) is 0 Å². The van der Waals surface area contributed by atoms with Gasteiger partial charge in [0.2, 0.25) is 0 Å². The number of carbonyl (C=O) groups excluding carboxylic acids is 1. The molecule has 0 radical (unpaired) electrons. The van der Waals surface area contributed by atoms with E-state index in [4.69, 9.17) is 4.74 Å². The van der Waals surface area contributed by atoms with Gasteiger partial charge in [-0.05, 0) is 37.0 Å². The van der Waals surface area contributed by atoms with Gasteiger partial charge >= 0.3 is 5.97 Å². The average Bonchev–Trinajstić information content (AvgIpc) is 2.32. The van der Waals surface area contributed by atoms with Crippen molar-refractivity contribution < 1.29 is 9.53 Å². The van der Waals surface area contributed by atoms with Crippen LogP contribution in [0.2, 0.25) is 0 Å². The van der Waals surface area contributed by atoms with E-state index in [-0.39, 0.29) is 5.97 Å². The van der Waals surface area contributed by atoms with Gasteiger partial charge in [0, 0.05) is 0 Å². The third-order valence-corrected chi connectivity index (χ3v) is 2.79. The molecule has 0 bridgehead atoms. The fourth-order valence-corrected chi connectivity index (χ4v) is 2.08. The highest BCUT2D eigenvalue weighted by Crippen LogP contribution is 2.19. The lowest BCUT2D eigenvalue weighted by molar-refractivity contribution is 0.0525. The largest absolute Gasteiger partial charge is 0.462 e. The highest BCUT2D eigenvalue weighted by atomic mass is 16.5. The van der Waals surface area contributed by atoms with Gasteiger partial charge in [-0.1, -0.05) is 38.8 Å². The van der Waals surface area contributed by atoms with E-state index >= 15 is 0 Å². The molecule has 1 aromatic carbocycles. The average molecular weight is 234 g/mol. The van der Waals surface area contributed by atoms with Crippen molar-refractivity contribution in [1.82, 2.24) is 0 Å². The molecule has 1 rings (SSSR count). The molecule has 1 aromatic rings. The molecule has 0 heterocycles. The monoisotopic (exact) mass is 234 g/mol. The van der Waals surface area contributed by atoms with Gasteiger partial charge in [0.05, 0.1) is 12.2 Å². The molecule has 0 amide bonds. The van der Waals surface area contributed by atoms with E-state index in [2.05, 4.69) is 19.9 Å². The summed E-state index contributed by atoms with van der Waals surface area (Å²) in [5, 5.41) is 0. The van der Waals surface area contributed by atoms with E-state index in [0.717, 1.165) is 31.2 Å². The van der Waals surface area contributed by atoms with E-state index in [9.17, 15) is 4.79 Å². The van der Waals surface area contributed by atoms with Crippen LogP contribution in [0.25, 0.3) is 0 Å². The van der Waals surface area contributed by atoms with Crippen LogP contribution in [0.1, 0.15) is 55.1 Å². The van der Waals surface area contributed by atoms with Crippen molar-refractivity contribution >= 4 is 5.97 Å². The lowest BCUT2D eigenvalue weighted by Gasteiger charge is -2.13. The molecule has 94 valence electrons. The zero-order valence-electron chi connectivity index (χ0n) is 11.1. The summed E-state index contributed by atoms with van der Waals surface area (Å²) in [4.78, 5) is 11.9. The third-order valence-electron chi connectivity index (χ3n) is 2.79. The van der Waals surface area contributed by atoms with Crippen molar-refractivity contribution in [3.05, 3.63) is 34.9 Å². The van der Waals surface area contributed by atoms with Gasteiger partial charge in [-0.2, -0.15) is 0 Å². The first-order valence-corrected chi connectivity index (χ1v) is 6.52. The fraction of sp³-hybridized carbons (Fsp3) is 0.533. The summed E-state index contributed by atoms with van der Waals surface area (Å²) in [7, 11) is 0. The molecule has 0 aromatic heterocycles. The number of hydrogen-bond acceptors (Lipinski definition) is 2. The number of rotatable bonds is 6. The molecule has 0 spiro atoms. The maximum absolute atomic E-state index is 11.9. The van der Waals surface area contributed by atoms with Crippen LogP contribution in [0.4, 0.5) is 0 Å². The number of aryl methyl sites for hydroxylation is 1. The van der Waals surface area contributed by atoms with Crippen molar-refractivity contribution in [3.8, 4) is 0 Å². The maximum atomic E-state index is 11.9. The number of carbonyl (C=O) groups is 1. The Balaban J connectivity index is 3.09. The molecule has 0 N–H and O–H groups in total. The van der Waals surface area contributed by atoms with Crippen LogP contribution in [0.5, 0.6) is 0 Å². The Labute approximate surface area is 104 Å². The highest BCUT2D eigenvalue weighted by molar-refractivity contribution is 5.91. The number of benzene rings is 1. The minimum Gasteiger partial charge on any atom is -0.462 e. The molecule has 0 fully saturated rings. The zero-order valence-corrected chi connectivity index (χ0v) is 11.1. The van der Waals surface area contributed by atoms with Gasteiger partial charge in [-0.25, -0.2) is 4.79 Å². The molecular formula is C15H22O2. The smallest absolute Gasteiger partial charge is 0.338 e. The molecule has 2 nitrogen and oxygen atoms in total. The first-order valence-electron chi connectivity index (χ1n) is 6.52. The van der Waals surface area contributed by atoms with Gasteiger partial charge < -0.3 is 4.74 Å². The third kappa shape index (κ3) is 3.58. The first-order chi connectivity index (χ1) is 8.24. The Bertz CT molecular complexity index is 369. The van der Waals surface area contributed by atoms with Crippen LogP contribution in [0, 0.1) is 0 Å². The molecule has 17 heavy (non-hydrogen) atoms. The van der Waals surface area contributed by atoms with Crippen molar-refractivity contribution in [3.63, 3.8) is 0 Å². The van der Waals surface area contributed by atoms with Crippen LogP contribution < -0.4 is 0 Å². The van der Waals surface area contributed by atoms with Crippen LogP contribution in [0.3, 0.4) is 0 Å². The summed E-state index contributed by atoms with van der Waals surface area (Å²) in [5.74, 6) is -0.186. The van der Waals surface area contributed by atoms with E-state index in [1.165, 1.54) is 11.1 Å². The van der Waals surface area contributed by atoms with E-state index in [0.29, 0.717) is 6.61 Å². The van der Waals surface area contributed by atoms with Crippen LogP contribution in [-0.2, 0) is 17.6 Å². The lowest BCUT2D eigenvalue weighted by Crippen LogP contribution is -2.10. The summed E-state index contributed by atoms with van der Waals surface area (Å²) >= 11 is 0. The minimum absolute atomic E-state index is 0.186. The summed E-state index contributed by atoms with van der Waals surface area (Å²) in [5.41, 5.74) is 3.22. The van der Waals surface area contributed by atoms with E-state index < -0.39 is 0 Å². The quantitative estimate of drug-likeness (QED) is 0.700. The second-order valence-electron chi connectivity index (χ2n) is 4.16. The number of ether oxygens (including phenoxy) is 1. The van der Waals surface area contributed by atoms with Gasteiger partial charge in [-0.3, -0.25) is 0 Å². The van der Waals surface area contributed by atoms with Crippen molar-refractivity contribution in [1.29, 1.82) is 0 Å². The summed E-state index contributed by atoms with van der Waals surface area (Å²) in [6, 6.07) is 5.95. The van der Waals surface area contributed by atoms with Gasteiger partial charge in [0.15, 0.2) is 0 Å². The predicted octanol–water partition coefficient (Wildman–Crippen LogP) is 3.77. The second-order valence-corrected chi connectivity index (χ2v) is 4.16. The number of esters is 1. The molecule has 0 atom stereocenters. The Kier molecular flexibility index (Phi) is 5.75. The van der Waals surface area contributed by atoms with Crippen molar-refractivity contribution in [2.45, 2.75) is 46.5 Å². The first kappa shape index (κ1) is 13.8. The molecule has 0 aliphatic heterocycles. The van der Waals surface area contributed by atoms with Crippen LogP contribution >= 0.6 is 0 Å². The SMILES string of the molecule is CCCc1cccc(C(=O)OCC)c1CCC. The number of hydrogen-bond donors (Lipinski definition) is 0. The van der Waals surface area contributed by atoms with Crippen molar-refractivity contribution in [2.75, 3.05) is 6.61 Å². The van der Waals surface area contributed by atoms with Gasteiger partial charge in [0.1, 0.15) is 0 Å². The van der Waals surface area contributed by atoms with Crippen LogP contribution in [-0.4, -0.2) is 12.6 Å². The molecule has 0 saturated heterocycles. The Morgan fingerprint density at radius 2 is 1.82 bits per heavy atom. The molecule has 2 heteroatoms. The summed E-state index contributed by atoms with van der Waals surface area (Å²) < 4.78 is 5.11. The van der Waals surface area contributed by atoms with Gasteiger partial charge in [0.25, 0.3) is 0 Å². The van der Waals surface area contributed by atoms with Crippen molar-refractivity contribution in [2.24, 2.45) is 0 Å². The maximum Gasteiger partial charge on any atom is 0.338 e. The molecule has 0 unspecified atom stereocenters. The van der Waals surface area contributed by atoms with E-state index in [1.807, 2.05) is 19.1 Å². The zero-order chi connectivity index (χ0) is 12.7. The Morgan fingerprint density at radius 1 is 1.12 bits per heavy atom. The molecular weight excluding hydrogens is 212 g/mol. The molecule has 0 saturated carbocycles. The molecule has 0 aliphatic carbocycles. The normalized spacial score (nSPS) is 10.3. The Hall–Kier alpha value is -1.31. The topological polar surface area (TPSA) is 26.3 Å². The second kappa shape index (κ2) is 7.10. The van der Waals surface area contributed by atoms with E-state index in [1.54, 1.807) is 0 Å². The predicted molar refractivity (Wildman–Crippen MR) is 70.4 cm³/mol. The lowest BCUT2D eigenvalue weighted by atomic mass is 9.94. The summed E-state index contributed by atoms with van der Waals surface area (Å²) in [6.07, 6.45) is 4.13. The molecule has 0 aliphatic rings. The standard InChI is InChI=1S/C15H22O2/c1-4-8-12-10-7-11-14(13(12)9-5-2)15(16)17-6-3/h7,10-11H,4-6,8-9H2,1-3H3.